The maximum absolute atomic E-state index is 10.0. The van der Waals surface area contributed by atoms with Crippen LogP contribution in [0.5, 0.6) is 0 Å². The first-order chi connectivity index (χ1) is 4.72. The summed E-state index contributed by atoms with van der Waals surface area (Å²) in [6.45, 7) is 2.46. The molecule has 0 unspecified atom stereocenters. The van der Waals surface area contributed by atoms with Gasteiger partial charge in [-0.2, -0.15) is 0 Å². The molecule has 0 saturated carbocycles. The van der Waals surface area contributed by atoms with E-state index in [1.807, 2.05) is 21.0 Å². The predicted molar refractivity (Wildman–Crippen MR) is 39.5 cm³/mol. The lowest BCUT2D eigenvalue weighted by molar-refractivity contribution is -0.104. The first kappa shape index (κ1) is 9.01. The molecule has 10 heavy (non-hydrogen) atoms. The van der Waals surface area contributed by atoms with Crippen LogP contribution in [0.4, 0.5) is 0 Å². The molecule has 0 bridgehead atoms. The van der Waals surface area contributed by atoms with E-state index in [0.29, 0.717) is 18.8 Å². The van der Waals surface area contributed by atoms with Gasteiger partial charge in [-0.25, -0.2) is 0 Å². The van der Waals surface area contributed by atoms with Gasteiger partial charge < -0.3 is 9.64 Å². The van der Waals surface area contributed by atoms with E-state index < -0.39 is 0 Å². The number of rotatable bonds is 4. The molecule has 0 heterocycles. The fraction of sp³-hybridized carbons (Fsp3) is 0.571. The number of hydrogen-bond donors (Lipinski definition) is 0. The van der Waals surface area contributed by atoms with E-state index in [4.69, 9.17) is 4.74 Å². The Labute approximate surface area is 61.3 Å². The number of nitrogens with zero attached hydrogens (tertiary/aromatic N) is 1. The monoisotopic (exact) mass is 143 g/mol. The summed E-state index contributed by atoms with van der Waals surface area (Å²) in [5, 5.41) is 0. The van der Waals surface area contributed by atoms with Crippen molar-refractivity contribution >= 4 is 6.29 Å². The van der Waals surface area contributed by atoms with Crippen LogP contribution in [-0.2, 0) is 9.53 Å². The molecule has 0 rings (SSSR count). The van der Waals surface area contributed by atoms with Crippen molar-refractivity contribution in [2.24, 2.45) is 0 Å². The first-order valence-electron chi connectivity index (χ1n) is 3.18. The second-order valence-corrected chi connectivity index (χ2v) is 1.97. The largest absolute Gasteiger partial charge is 0.479 e. The molecular weight excluding hydrogens is 130 g/mol. The van der Waals surface area contributed by atoms with Crippen LogP contribution < -0.4 is 0 Å². The van der Waals surface area contributed by atoms with E-state index in [0.717, 1.165) is 0 Å². The number of carbonyl (C=O) groups is 1. The van der Waals surface area contributed by atoms with Crippen molar-refractivity contribution in [1.82, 2.24) is 4.90 Å². The minimum Gasteiger partial charge on any atom is -0.479 e. The van der Waals surface area contributed by atoms with Gasteiger partial charge in [-0.1, -0.05) is 0 Å². The Kier molecular flexibility index (Phi) is 4.37. The Morgan fingerprint density at radius 2 is 2.20 bits per heavy atom. The lowest BCUT2D eigenvalue weighted by Gasteiger charge is -2.15. The molecule has 0 aromatic carbocycles. The SMILES string of the molecule is CCO/C(=C\C=O)N(C)C. The lowest BCUT2D eigenvalue weighted by Crippen LogP contribution is -2.14. The number of aldehydes is 1. The Hall–Kier alpha value is -0.990. The summed E-state index contributed by atoms with van der Waals surface area (Å²) in [6.07, 6.45) is 2.11. The Morgan fingerprint density at radius 3 is 2.50 bits per heavy atom. The van der Waals surface area contributed by atoms with Gasteiger partial charge in [0.15, 0.2) is 5.88 Å². The van der Waals surface area contributed by atoms with Crippen LogP contribution in [-0.4, -0.2) is 31.9 Å². The van der Waals surface area contributed by atoms with Crippen molar-refractivity contribution in [2.75, 3.05) is 20.7 Å². The van der Waals surface area contributed by atoms with Gasteiger partial charge in [-0.3, -0.25) is 4.79 Å². The molecule has 0 saturated heterocycles. The van der Waals surface area contributed by atoms with Crippen molar-refractivity contribution < 1.29 is 9.53 Å². The third-order valence-electron chi connectivity index (χ3n) is 0.944. The Bertz CT molecular complexity index is 130. The van der Waals surface area contributed by atoms with Gasteiger partial charge in [0.05, 0.1) is 6.61 Å². The van der Waals surface area contributed by atoms with Crippen LogP contribution in [0.1, 0.15) is 6.92 Å². The molecule has 0 fully saturated rings. The lowest BCUT2D eigenvalue weighted by atomic mass is 10.6. The summed E-state index contributed by atoms with van der Waals surface area (Å²) in [5.74, 6) is 0.595. The Morgan fingerprint density at radius 1 is 1.60 bits per heavy atom. The van der Waals surface area contributed by atoms with Gasteiger partial charge in [0.1, 0.15) is 6.29 Å². The summed E-state index contributed by atoms with van der Waals surface area (Å²) in [5.41, 5.74) is 0. The second kappa shape index (κ2) is 4.85. The van der Waals surface area contributed by atoms with Crippen molar-refractivity contribution in [3.63, 3.8) is 0 Å². The summed E-state index contributed by atoms with van der Waals surface area (Å²) in [4.78, 5) is 11.8. The molecule has 0 aromatic rings. The predicted octanol–water partition coefficient (Wildman–Crippen LogP) is 0.625. The van der Waals surface area contributed by atoms with Crippen LogP contribution in [0.15, 0.2) is 12.0 Å². The highest BCUT2D eigenvalue weighted by Crippen LogP contribution is 1.97. The van der Waals surface area contributed by atoms with Gasteiger partial charge >= 0.3 is 0 Å². The molecule has 0 amide bonds. The molecule has 0 radical (unpaired) electrons. The summed E-state index contributed by atoms with van der Waals surface area (Å²) in [7, 11) is 3.65. The summed E-state index contributed by atoms with van der Waals surface area (Å²) in [6, 6.07) is 0. The minimum absolute atomic E-state index is 0.581. The van der Waals surface area contributed by atoms with E-state index in [1.165, 1.54) is 6.08 Å². The molecule has 58 valence electrons. The maximum Gasteiger partial charge on any atom is 0.192 e. The van der Waals surface area contributed by atoms with Crippen molar-refractivity contribution in [3.05, 3.63) is 12.0 Å². The zero-order valence-corrected chi connectivity index (χ0v) is 6.63. The van der Waals surface area contributed by atoms with Crippen LogP contribution in [0.3, 0.4) is 0 Å². The van der Waals surface area contributed by atoms with E-state index in [9.17, 15) is 4.79 Å². The molecule has 0 aromatic heterocycles. The fourth-order valence-corrected chi connectivity index (χ4v) is 0.532. The van der Waals surface area contributed by atoms with Crippen molar-refractivity contribution in [1.29, 1.82) is 0 Å². The maximum atomic E-state index is 10.0. The number of allylic oxidation sites excluding steroid dienone is 1. The van der Waals surface area contributed by atoms with E-state index in [1.54, 1.807) is 4.90 Å². The molecule has 0 spiro atoms. The summed E-state index contributed by atoms with van der Waals surface area (Å²) >= 11 is 0. The van der Waals surface area contributed by atoms with Crippen LogP contribution in [0.25, 0.3) is 0 Å². The quantitative estimate of drug-likeness (QED) is 0.328. The Balaban J connectivity index is 3.97. The third kappa shape index (κ3) is 3.12. The molecule has 3 heteroatoms. The topological polar surface area (TPSA) is 29.5 Å². The number of ether oxygens (including phenoxy) is 1. The normalized spacial score (nSPS) is 10.9. The van der Waals surface area contributed by atoms with Crippen LogP contribution in [0.2, 0.25) is 0 Å². The minimum atomic E-state index is 0.581. The van der Waals surface area contributed by atoms with Crippen LogP contribution in [0, 0.1) is 0 Å². The van der Waals surface area contributed by atoms with Gasteiger partial charge in [0.25, 0.3) is 0 Å². The van der Waals surface area contributed by atoms with E-state index in [-0.39, 0.29) is 0 Å². The van der Waals surface area contributed by atoms with Gasteiger partial charge in [0, 0.05) is 20.2 Å². The number of hydrogen-bond acceptors (Lipinski definition) is 3. The van der Waals surface area contributed by atoms with E-state index in [2.05, 4.69) is 0 Å². The molecule has 0 N–H and O–H groups in total. The van der Waals surface area contributed by atoms with Crippen molar-refractivity contribution in [2.45, 2.75) is 6.92 Å². The molecular formula is C7H13NO2. The highest BCUT2D eigenvalue weighted by atomic mass is 16.5. The summed E-state index contributed by atoms with van der Waals surface area (Å²) < 4.78 is 5.10. The average Bonchev–Trinajstić information content (AvgIpc) is 1.87. The van der Waals surface area contributed by atoms with Crippen LogP contribution >= 0.6 is 0 Å². The molecule has 0 aliphatic carbocycles. The van der Waals surface area contributed by atoms with Gasteiger partial charge in [-0.15, -0.1) is 0 Å². The highest BCUT2D eigenvalue weighted by molar-refractivity contribution is 5.65. The van der Waals surface area contributed by atoms with Gasteiger partial charge in [0.2, 0.25) is 0 Å². The molecule has 0 aliphatic heterocycles. The average molecular weight is 143 g/mol. The standard InChI is InChI=1S/C7H13NO2/c1-4-10-7(5-6-9)8(2)3/h5-6H,4H2,1-3H3/b7-5-. The smallest absolute Gasteiger partial charge is 0.192 e. The molecule has 3 nitrogen and oxygen atoms in total. The van der Waals surface area contributed by atoms with Crippen molar-refractivity contribution in [3.8, 4) is 0 Å². The van der Waals surface area contributed by atoms with E-state index >= 15 is 0 Å². The molecule has 0 aliphatic rings. The first-order valence-corrected chi connectivity index (χ1v) is 3.18. The molecule has 0 atom stereocenters. The zero-order chi connectivity index (χ0) is 7.98. The van der Waals surface area contributed by atoms with Gasteiger partial charge in [-0.05, 0) is 6.92 Å². The highest BCUT2D eigenvalue weighted by Gasteiger charge is 1.96. The zero-order valence-electron chi connectivity index (χ0n) is 6.63. The second-order valence-electron chi connectivity index (χ2n) is 1.97. The fourth-order valence-electron chi connectivity index (χ4n) is 0.532. The number of carbonyl (C=O) groups excluding carboxylic acids is 1. The third-order valence-corrected chi connectivity index (χ3v) is 0.944.